The van der Waals surface area contributed by atoms with Crippen LogP contribution in [-0.2, 0) is 16.0 Å². The van der Waals surface area contributed by atoms with Crippen LogP contribution < -0.4 is 9.47 Å². The Morgan fingerprint density at radius 1 is 1.19 bits per heavy atom. The number of fused-ring (bicyclic) bond motifs is 4. The first kappa shape index (κ1) is 18.6. The van der Waals surface area contributed by atoms with Gasteiger partial charge in [-0.15, -0.1) is 0 Å². The quantitative estimate of drug-likeness (QED) is 0.628. The van der Waals surface area contributed by atoms with Crippen LogP contribution in [0.15, 0.2) is 36.5 Å². The van der Waals surface area contributed by atoms with Crippen molar-refractivity contribution in [3.63, 3.8) is 0 Å². The number of carbonyl (C=O) groups excluding carboxylic acids is 2. The number of hydrogen-bond donors (Lipinski definition) is 0. The molecule has 6 rings (SSSR count). The van der Waals surface area contributed by atoms with Gasteiger partial charge in [-0.3, -0.25) is 9.59 Å². The highest BCUT2D eigenvalue weighted by atomic mass is 32.1. The van der Waals surface area contributed by atoms with Gasteiger partial charge in [-0.05, 0) is 36.8 Å². The molecule has 0 N–H and O–H groups in total. The summed E-state index contributed by atoms with van der Waals surface area (Å²) in [6.07, 6.45) is 2.55. The third-order valence-corrected chi connectivity index (χ3v) is 7.15. The number of likely N-dealkylation sites (tertiary alicyclic amines) is 2. The smallest absolute Gasteiger partial charge is 0.281 e. The molecule has 0 aliphatic carbocycles. The first-order valence-corrected chi connectivity index (χ1v) is 11.1. The van der Waals surface area contributed by atoms with Crippen molar-refractivity contribution in [3.05, 3.63) is 42.1 Å². The van der Waals surface area contributed by atoms with Crippen molar-refractivity contribution in [2.24, 2.45) is 0 Å². The molecule has 3 atom stereocenters. The lowest BCUT2D eigenvalue weighted by molar-refractivity contribution is -0.143. The van der Waals surface area contributed by atoms with E-state index in [9.17, 15) is 9.59 Å². The Morgan fingerprint density at radius 3 is 2.81 bits per heavy atom. The molecule has 3 aliphatic heterocycles. The predicted octanol–water partition coefficient (Wildman–Crippen LogP) is 2.62. The Morgan fingerprint density at radius 2 is 2.03 bits per heavy atom. The molecule has 2 saturated heterocycles. The van der Waals surface area contributed by atoms with E-state index in [0.717, 1.165) is 16.7 Å². The number of thiazole rings is 1. The van der Waals surface area contributed by atoms with E-state index < -0.39 is 6.10 Å². The summed E-state index contributed by atoms with van der Waals surface area (Å²) in [5.41, 5.74) is 1.62. The highest BCUT2D eigenvalue weighted by Gasteiger charge is 2.48. The lowest BCUT2D eigenvalue weighted by Gasteiger charge is -2.34. The molecule has 158 valence electrons. The second-order valence-corrected chi connectivity index (χ2v) is 9.19. The molecule has 0 radical (unpaired) electrons. The molecular formula is C22H20N4O4S. The predicted molar refractivity (Wildman–Crippen MR) is 113 cm³/mol. The van der Waals surface area contributed by atoms with Crippen molar-refractivity contribution in [2.45, 2.75) is 38.0 Å². The minimum atomic E-state index is -0.526. The van der Waals surface area contributed by atoms with Crippen molar-refractivity contribution >= 4 is 33.5 Å². The lowest BCUT2D eigenvalue weighted by atomic mass is 10.1. The summed E-state index contributed by atoms with van der Waals surface area (Å²) in [6.45, 7) is 2.81. The number of benzene rings is 1. The van der Waals surface area contributed by atoms with Crippen molar-refractivity contribution in [2.75, 3.05) is 13.1 Å². The number of pyridine rings is 1. The largest absolute Gasteiger partial charge is 0.480 e. The lowest BCUT2D eigenvalue weighted by Crippen LogP contribution is -2.53. The third-order valence-electron chi connectivity index (χ3n) is 6.26. The maximum absolute atomic E-state index is 13.1. The highest BCUT2D eigenvalue weighted by Crippen LogP contribution is 2.37. The minimum absolute atomic E-state index is 0.00613. The Labute approximate surface area is 182 Å². The van der Waals surface area contributed by atoms with Gasteiger partial charge in [-0.1, -0.05) is 11.3 Å². The maximum atomic E-state index is 13.1. The van der Waals surface area contributed by atoms with Gasteiger partial charge in [0.15, 0.2) is 11.8 Å². The number of amides is 2. The summed E-state index contributed by atoms with van der Waals surface area (Å²) in [7, 11) is 0. The SMILES string of the molecule is CC(=O)N1CC2CC1CN2C(=O)C1Cc2cc(Oc3nc4ncccc4s3)ccc2O1. The molecule has 3 aliphatic rings. The zero-order valence-electron chi connectivity index (χ0n) is 16.9. The first-order chi connectivity index (χ1) is 15.0. The molecule has 8 nitrogen and oxygen atoms in total. The summed E-state index contributed by atoms with van der Waals surface area (Å²) in [6, 6.07) is 9.65. The number of aromatic nitrogens is 2. The Balaban J connectivity index is 1.14. The number of hydrogen-bond acceptors (Lipinski definition) is 7. The van der Waals surface area contributed by atoms with Gasteiger partial charge < -0.3 is 19.3 Å². The van der Waals surface area contributed by atoms with E-state index in [1.54, 1.807) is 13.1 Å². The first-order valence-electron chi connectivity index (χ1n) is 10.3. The van der Waals surface area contributed by atoms with Crippen molar-refractivity contribution in [1.29, 1.82) is 0 Å². The summed E-state index contributed by atoms with van der Waals surface area (Å²) in [5, 5.41) is 0.531. The summed E-state index contributed by atoms with van der Waals surface area (Å²) < 4.78 is 12.9. The molecule has 2 aromatic heterocycles. The molecule has 2 fully saturated rings. The number of rotatable bonds is 3. The van der Waals surface area contributed by atoms with E-state index in [-0.39, 0.29) is 23.9 Å². The molecule has 3 aromatic rings. The van der Waals surface area contributed by atoms with Gasteiger partial charge in [0.1, 0.15) is 11.5 Å². The molecule has 5 heterocycles. The van der Waals surface area contributed by atoms with Gasteiger partial charge in [0.05, 0.1) is 16.8 Å². The molecular weight excluding hydrogens is 416 g/mol. The molecule has 2 amide bonds. The number of ether oxygens (including phenoxy) is 2. The molecule has 9 heteroatoms. The van der Waals surface area contributed by atoms with Crippen LogP contribution in [0.4, 0.5) is 0 Å². The van der Waals surface area contributed by atoms with E-state index in [0.29, 0.717) is 41.9 Å². The van der Waals surface area contributed by atoms with Crippen LogP contribution in [0.5, 0.6) is 16.7 Å². The number of carbonyl (C=O) groups is 2. The minimum Gasteiger partial charge on any atom is -0.480 e. The van der Waals surface area contributed by atoms with Crippen LogP contribution in [0.2, 0.25) is 0 Å². The van der Waals surface area contributed by atoms with Crippen LogP contribution in [0.3, 0.4) is 0 Å². The molecule has 3 unspecified atom stereocenters. The van der Waals surface area contributed by atoms with Crippen molar-refractivity contribution < 1.29 is 19.1 Å². The Bertz CT molecular complexity index is 1180. The fourth-order valence-electron chi connectivity index (χ4n) is 4.83. The van der Waals surface area contributed by atoms with Crippen LogP contribution in [0.1, 0.15) is 18.9 Å². The Kier molecular flexibility index (Phi) is 4.14. The van der Waals surface area contributed by atoms with E-state index in [4.69, 9.17) is 9.47 Å². The molecule has 0 saturated carbocycles. The summed E-state index contributed by atoms with van der Waals surface area (Å²) in [5.74, 6) is 1.46. The average Bonchev–Trinajstić information content (AvgIpc) is 3.53. The topological polar surface area (TPSA) is 84.9 Å². The van der Waals surface area contributed by atoms with Gasteiger partial charge in [0.25, 0.3) is 11.1 Å². The van der Waals surface area contributed by atoms with E-state index in [2.05, 4.69) is 9.97 Å². The fraction of sp³-hybridized carbons (Fsp3) is 0.364. The zero-order valence-corrected chi connectivity index (χ0v) is 17.7. The van der Waals surface area contributed by atoms with E-state index in [1.165, 1.54) is 11.3 Å². The molecule has 2 bridgehead atoms. The highest BCUT2D eigenvalue weighted by molar-refractivity contribution is 7.20. The monoisotopic (exact) mass is 436 g/mol. The standard InChI is InChI=1S/C22H20N4O4S/c1-12(27)25-10-15-9-14(25)11-26(15)21(28)18-8-13-7-16(4-5-17(13)30-18)29-22-24-20-19(31-22)3-2-6-23-20/h2-7,14-15,18H,8-11H2,1H3. The van der Waals surface area contributed by atoms with E-state index in [1.807, 2.05) is 40.1 Å². The molecule has 0 spiro atoms. The molecule has 1 aromatic carbocycles. The van der Waals surface area contributed by atoms with Gasteiger partial charge in [-0.25, -0.2) is 4.98 Å². The average molecular weight is 436 g/mol. The Hall–Kier alpha value is -3.20. The number of piperazine rings is 1. The normalized spacial score (nSPS) is 23.8. The summed E-state index contributed by atoms with van der Waals surface area (Å²) >= 11 is 1.44. The van der Waals surface area contributed by atoms with Crippen LogP contribution in [0.25, 0.3) is 10.3 Å². The second-order valence-electron chi connectivity index (χ2n) is 8.19. The van der Waals surface area contributed by atoms with E-state index >= 15 is 0 Å². The van der Waals surface area contributed by atoms with Crippen LogP contribution in [0, 0.1) is 0 Å². The maximum Gasteiger partial charge on any atom is 0.281 e. The third kappa shape index (κ3) is 3.11. The van der Waals surface area contributed by atoms with Crippen LogP contribution in [-0.4, -0.2) is 62.9 Å². The number of nitrogens with zero attached hydrogens (tertiary/aromatic N) is 4. The van der Waals surface area contributed by atoms with Crippen molar-refractivity contribution in [3.8, 4) is 16.7 Å². The molecule has 31 heavy (non-hydrogen) atoms. The fourth-order valence-corrected chi connectivity index (χ4v) is 5.62. The van der Waals surface area contributed by atoms with Gasteiger partial charge in [0.2, 0.25) is 5.91 Å². The van der Waals surface area contributed by atoms with Gasteiger partial charge in [-0.2, -0.15) is 4.98 Å². The zero-order chi connectivity index (χ0) is 21.1. The van der Waals surface area contributed by atoms with Crippen molar-refractivity contribution in [1.82, 2.24) is 19.8 Å². The van der Waals surface area contributed by atoms with Gasteiger partial charge >= 0.3 is 0 Å². The van der Waals surface area contributed by atoms with Gasteiger partial charge in [0, 0.05) is 38.2 Å². The second kappa shape index (κ2) is 6.91. The van der Waals surface area contributed by atoms with Crippen LogP contribution >= 0.6 is 11.3 Å². The summed E-state index contributed by atoms with van der Waals surface area (Å²) in [4.78, 5) is 37.2.